The summed E-state index contributed by atoms with van der Waals surface area (Å²) in [5.41, 5.74) is 0.340. The zero-order chi connectivity index (χ0) is 26.6. The normalized spacial score (nSPS) is 14.6. The van der Waals surface area contributed by atoms with E-state index in [1.54, 1.807) is 6.07 Å². The summed E-state index contributed by atoms with van der Waals surface area (Å²) in [5.74, 6) is -1.99. The van der Waals surface area contributed by atoms with Gasteiger partial charge in [0.05, 0.1) is 5.69 Å². The van der Waals surface area contributed by atoms with E-state index in [0.29, 0.717) is 37.6 Å². The first-order valence-corrected chi connectivity index (χ1v) is 12.0. The van der Waals surface area contributed by atoms with Crippen molar-refractivity contribution in [1.82, 2.24) is 14.5 Å². The molecular formula is C26H26F4N4O3. The van der Waals surface area contributed by atoms with Crippen molar-refractivity contribution in [2.75, 3.05) is 18.0 Å². The predicted molar refractivity (Wildman–Crippen MR) is 129 cm³/mol. The van der Waals surface area contributed by atoms with Crippen LogP contribution in [0, 0.1) is 5.82 Å². The van der Waals surface area contributed by atoms with Gasteiger partial charge in [0.1, 0.15) is 17.7 Å². The molecule has 0 spiro atoms. The van der Waals surface area contributed by atoms with Crippen LogP contribution < -0.4 is 15.2 Å². The zero-order valence-electron chi connectivity index (χ0n) is 20.2. The molecule has 0 unspecified atom stereocenters. The molecule has 3 heterocycles. The van der Waals surface area contributed by atoms with E-state index >= 15 is 0 Å². The number of hydrogen-bond acceptors (Lipinski definition) is 6. The van der Waals surface area contributed by atoms with Gasteiger partial charge in [-0.2, -0.15) is 13.2 Å². The maximum Gasteiger partial charge on any atom is 0.450 e. The monoisotopic (exact) mass is 518 g/mol. The van der Waals surface area contributed by atoms with Crippen LogP contribution in [0.2, 0.25) is 0 Å². The lowest BCUT2D eigenvalue weighted by atomic mass is 10.1. The number of hydrogen-bond donors (Lipinski definition) is 0. The molecule has 4 rings (SSSR count). The molecule has 37 heavy (non-hydrogen) atoms. The summed E-state index contributed by atoms with van der Waals surface area (Å²) in [6.45, 7) is 3.52. The van der Waals surface area contributed by atoms with Crippen molar-refractivity contribution in [2.45, 2.75) is 51.3 Å². The highest BCUT2D eigenvalue weighted by molar-refractivity contribution is 5.86. The van der Waals surface area contributed by atoms with E-state index in [1.807, 2.05) is 12.4 Å². The topological polar surface area (TPSA) is 77.3 Å². The summed E-state index contributed by atoms with van der Waals surface area (Å²) in [6.07, 6.45) is 2.27. The van der Waals surface area contributed by atoms with Gasteiger partial charge in [0.15, 0.2) is 0 Å². The average Bonchev–Trinajstić information content (AvgIpc) is 2.86. The number of nitrogens with zero attached hydrogens (tertiary/aromatic N) is 4. The highest BCUT2D eigenvalue weighted by Crippen LogP contribution is 2.23. The summed E-state index contributed by atoms with van der Waals surface area (Å²) in [5, 5.41) is 0. The summed E-state index contributed by atoms with van der Waals surface area (Å²) >= 11 is 0. The number of benzene rings is 1. The molecule has 0 atom stereocenters. The van der Waals surface area contributed by atoms with Crippen LogP contribution in [0.25, 0.3) is 5.69 Å². The van der Waals surface area contributed by atoms with E-state index in [-0.39, 0.29) is 11.8 Å². The van der Waals surface area contributed by atoms with Crippen LogP contribution in [0.3, 0.4) is 0 Å². The Morgan fingerprint density at radius 3 is 2.41 bits per heavy atom. The van der Waals surface area contributed by atoms with Crippen LogP contribution in [0.1, 0.15) is 37.3 Å². The number of carbonyl (C=O) groups is 1. The van der Waals surface area contributed by atoms with E-state index in [1.165, 1.54) is 18.3 Å². The van der Waals surface area contributed by atoms with Gasteiger partial charge in [-0.25, -0.2) is 14.4 Å². The van der Waals surface area contributed by atoms with Crippen molar-refractivity contribution in [3.8, 4) is 11.4 Å². The number of pyridine rings is 1. The van der Waals surface area contributed by atoms with Crippen LogP contribution in [0.4, 0.5) is 23.5 Å². The molecule has 0 N–H and O–H groups in total. The molecule has 1 saturated heterocycles. The third-order valence-corrected chi connectivity index (χ3v) is 6.13. The Balaban J connectivity index is 1.36. The summed E-state index contributed by atoms with van der Waals surface area (Å²) in [4.78, 5) is 34.8. The first-order valence-electron chi connectivity index (χ1n) is 12.0. The van der Waals surface area contributed by atoms with Crippen molar-refractivity contribution < 1.29 is 27.1 Å². The summed E-state index contributed by atoms with van der Waals surface area (Å²) in [6, 6.07) is 6.13. The Morgan fingerprint density at radius 2 is 1.81 bits per heavy atom. The predicted octanol–water partition coefficient (Wildman–Crippen LogP) is 4.44. The Morgan fingerprint density at radius 1 is 1.11 bits per heavy atom. The summed E-state index contributed by atoms with van der Waals surface area (Å²) < 4.78 is 58.9. The Hall–Kier alpha value is -3.76. The van der Waals surface area contributed by atoms with E-state index in [2.05, 4.69) is 21.8 Å². The quantitative estimate of drug-likeness (QED) is 0.411. The fraction of sp³-hybridized carbons (Fsp3) is 0.385. The molecule has 1 aliphatic heterocycles. The highest BCUT2D eigenvalue weighted by Gasteiger charge is 2.38. The standard InChI is InChI=1S/C26H26F4N4O3/c1-2-3-17-15-31-25(32-16-17)33-9-6-20(7-10-33)37-21-8-11-34(24(36)14-21)19-5-4-18(22(27)13-19)12-23(35)26(28,29)30/h4-5,8,11,13-16,20H,2-3,6-7,9-10,12H2,1H3. The molecule has 7 nitrogen and oxygen atoms in total. The van der Waals surface area contributed by atoms with E-state index < -0.39 is 35.3 Å². The third-order valence-electron chi connectivity index (χ3n) is 6.13. The lowest BCUT2D eigenvalue weighted by Gasteiger charge is -2.32. The van der Waals surface area contributed by atoms with Crippen LogP contribution >= 0.6 is 0 Å². The zero-order valence-corrected chi connectivity index (χ0v) is 20.2. The molecule has 0 bridgehead atoms. The van der Waals surface area contributed by atoms with E-state index in [0.717, 1.165) is 35.1 Å². The van der Waals surface area contributed by atoms with E-state index in [4.69, 9.17) is 4.74 Å². The first kappa shape index (κ1) is 26.3. The largest absolute Gasteiger partial charge is 0.490 e. The van der Waals surface area contributed by atoms with Crippen LogP contribution in [0.15, 0.2) is 53.7 Å². The molecule has 0 radical (unpaired) electrons. The smallest absolute Gasteiger partial charge is 0.450 e. The maximum atomic E-state index is 14.3. The number of ether oxygens (including phenoxy) is 1. The fourth-order valence-electron chi connectivity index (χ4n) is 4.15. The molecule has 11 heteroatoms. The Labute approximate surface area is 210 Å². The van der Waals surface area contributed by atoms with Crippen LogP contribution in [0.5, 0.6) is 5.75 Å². The van der Waals surface area contributed by atoms with Crippen molar-refractivity contribution >= 4 is 11.7 Å². The van der Waals surface area contributed by atoms with Gasteiger partial charge in [0.2, 0.25) is 11.7 Å². The number of Topliss-reactive ketones (excluding diaryl/α,β-unsaturated/α-hetero) is 1. The number of aryl methyl sites for hydroxylation is 1. The molecule has 196 valence electrons. The van der Waals surface area contributed by atoms with Gasteiger partial charge in [-0.3, -0.25) is 14.2 Å². The molecule has 1 fully saturated rings. The number of rotatable bonds is 8. The molecule has 1 aromatic carbocycles. The second-order valence-electron chi connectivity index (χ2n) is 8.89. The van der Waals surface area contributed by atoms with Gasteiger partial charge < -0.3 is 9.64 Å². The Bertz CT molecular complexity index is 1300. The number of aromatic nitrogens is 3. The average molecular weight is 519 g/mol. The fourth-order valence-corrected chi connectivity index (χ4v) is 4.15. The van der Waals surface area contributed by atoms with Crippen molar-refractivity contribution in [2.24, 2.45) is 0 Å². The maximum absolute atomic E-state index is 14.3. The van der Waals surface area contributed by atoms with Crippen molar-refractivity contribution in [3.63, 3.8) is 0 Å². The van der Waals surface area contributed by atoms with Crippen molar-refractivity contribution in [3.05, 3.63) is 76.2 Å². The molecule has 0 aliphatic carbocycles. The second-order valence-corrected chi connectivity index (χ2v) is 8.89. The van der Waals surface area contributed by atoms with Crippen LogP contribution in [-0.4, -0.2) is 45.7 Å². The highest BCUT2D eigenvalue weighted by atomic mass is 19.4. The van der Waals surface area contributed by atoms with Gasteiger partial charge in [0, 0.05) is 57.0 Å². The number of halogens is 4. The van der Waals surface area contributed by atoms with Gasteiger partial charge in [-0.15, -0.1) is 0 Å². The molecule has 3 aromatic rings. The molecular weight excluding hydrogens is 492 g/mol. The van der Waals surface area contributed by atoms with Crippen LogP contribution in [-0.2, 0) is 17.6 Å². The SMILES string of the molecule is CCCc1cnc(N2CCC(Oc3ccn(-c4ccc(CC(=O)C(F)(F)F)c(F)c4)c(=O)c3)CC2)nc1. The second kappa shape index (κ2) is 11.1. The van der Waals surface area contributed by atoms with Gasteiger partial charge in [-0.05, 0) is 35.7 Å². The minimum Gasteiger partial charge on any atom is -0.490 e. The molecule has 0 saturated carbocycles. The van der Waals surface area contributed by atoms with Gasteiger partial charge in [-0.1, -0.05) is 19.4 Å². The molecule has 2 aromatic heterocycles. The van der Waals surface area contributed by atoms with E-state index in [9.17, 15) is 27.2 Å². The van der Waals surface area contributed by atoms with Gasteiger partial charge >= 0.3 is 6.18 Å². The number of ketones is 1. The molecule has 1 aliphatic rings. The number of piperidine rings is 1. The number of alkyl halides is 3. The first-order chi connectivity index (χ1) is 17.6. The third kappa shape index (κ3) is 6.52. The number of carbonyl (C=O) groups excluding carboxylic acids is 1. The van der Waals surface area contributed by atoms with Crippen molar-refractivity contribution in [1.29, 1.82) is 0 Å². The minimum absolute atomic E-state index is 0.103. The number of anilines is 1. The lowest BCUT2D eigenvalue weighted by molar-refractivity contribution is -0.170. The molecule has 0 amide bonds. The van der Waals surface area contributed by atoms with Gasteiger partial charge in [0.25, 0.3) is 5.56 Å². The Kier molecular flexibility index (Phi) is 7.89. The summed E-state index contributed by atoms with van der Waals surface area (Å²) in [7, 11) is 0. The lowest BCUT2D eigenvalue weighted by Crippen LogP contribution is -2.39. The minimum atomic E-state index is -5.04.